The zero-order valence-electron chi connectivity index (χ0n) is 17.0. The van der Waals surface area contributed by atoms with Crippen LogP contribution in [0.15, 0.2) is 54.9 Å². The van der Waals surface area contributed by atoms with Crippen LogP contribution in [0.1, 0.15) is 28.7 Å². The van der Waals surface area contributed by atoms with Crippen LogP contribution in [0.25, 0.3) is 22.5 Å². The highest BCUT2D eigenvalue weighted by Gasteiger charge is 2.22. The van der Waals surface area contributed by atoms with Gasteiger partial charge >= 0.3 is 5.97 Å². The number of carbonyl (C=O) groups excluding carboxylic acids is 1. The summed E-state index contributed by atoms with van der Waals surface area (Å²) >= 11 is 6.07. The molecule has 0 aliphatic rings. The number of halogens is 1. The number of ether oxygens (including phenoxy) is 1. The molecule has 0 bridgehead atoms. The van der Waals surface area contributed by atoms with E-state index in [-0.39, 0.29) is 18.8 Å². The largest absolute Gasteiger partial charge is 0.461 e. The summed E-state index contributed by atoms with van der Waals surface area (Å²) in [7, 11) is 0. The second-order valence-corrected chi connectivity index (χ2v) is 7.25. The molecule has 0 N–H and O–H groups in total. The monoisotopic (exact) mass is 434 g/mol. The Morgan fingerprint density at radius 3 is 2.26 bits per heavy atom. The fourth-order valence-corrected chi connectivity index (χ4v) is 3.20. The molecule has 0 atom stereocenters. The standard InChI is InChI=1S/C22H19ClN6O2/c1-3-31-22(30)21-18(12-29-13-24-27-28-29)25-19(15-6-4-14(2)5-7-15)20(26-21)16-8-10-17(23)11-9-16/h4-11,13H,3,12H2,1-2H3. The van der Waals surface area contributed by atoms with Gasteiger partial charge in [0, 0.05) is 16.1 Å². The Morgan fingerprint density at radius 2 is 1.65 bits per heavy atom. The fourth-order valence-electron chi connectivity index (χ4n) is 3.07. The number of aromatic nitrogens is 6. The Kier molecular flexibility index (Phi) is 5.99. The lowest BCUT2D eigenvalue weighted by Gasteiger charge is -2.15. The van der Waals surface area contributed by atoms with E-state index in [1.54, 1.807) is 19.1 Å². The lowest BCUT2D eigenvalue weighted by molar-refractivity contribution is 0.0517. The van der Waals surface area contributed by atoms with Gasteiger partial charge in [0.15, 0.2) is 5.69 Å². The van der Waals surface area contributed by atoms with E-state index >= 15 is 0 Å². The third kappa shape index (κ3) is 4.59. The molecule has 0 amide bonds. The van der Waals surface area contributed by atoms with Crippen LogP contribution < -0.4 is 0 Å². The Hall–Kier alpha value is -3.65. The second-order valence-electron chi connectivity index (χ2n) is 6.82. The fraction of sp³-hybridized carbons (Fsp3) is 0.182. The van der Waals surface area contributed by atoms with Gasteiger partial charge in [-0.1, -0.05) is 53.6 Å². The van der Waals surface area contributed by atoms with Crippen molar-refractivity contribution in [3.8, 4) is 22.5 Å². The Bertz CT molecular complexity index is 1190. The predicted molar refractivity (Wildman–Crippen MR) is 116 cm³/mol. The van der Waals surface area contributed by atoms with Crippen molar-refractivity contribution in [1.29, 1.82) is 0 Å². The first-order valence-corrected chi connectivity index (χ1v) is 10.0. The maximum absolute atomic E-state index is 12.7. The van der Waals surface area contributed by atoms with E-state index in [2.05, 4.69) is 15.5 Å². The van der Waals surface area contributed by atoms with E-state index < -0.39 is 5.97 Å². The minimum atomic E-state index is -0.552. The Labute approximate surface area is 183 Å². The van der Waals surface area contributed by atoms with Crippen LogP contribution in [0.3, 0.4) is 0 Å². The molecule has 4 aromatic rings. The summed E-state index contributed by atoms with van der Waals surface area (Å²) in [5.74, 6) is -0.552. The number of hydrogen-bond acceptors (Lipinski definition) is 7. The van der Waals surface area contributed by atoms with Crippen molar-refractivity contribution < 1.29 is 9.53 Å². The third-order valence-corrected chi connectivity index (χ3v) is 4.83. The number of carbonyl (C=O) groups is 1. The van der Waals surface area contributed by atoms with Crippen LogP contribution in [0.2, 0.25) is 5.02 Å². The average molecular weight is 435 g/mol. The number of aryl methyl sites for hydroxylation is 1. The number of esters is 1. The zero-order chi connectivity index (χ0) is 21.8. The third-order valence-electron chi connectivity index (χ3n) is 4.58. The Morgan fingerprint density at radius 1 is 1.00 bits per heavy atom. The molecular formula is C22H19ClN6O2. The maximum atomic E-state index is 12.7. The molecule has 0 spiro atoms. The van der Waals surface area contributed by atoms with Gasteiger partial charge < -0.3 is 4.74 Å². The van der Waals surface area contributed by atoms with Crippen molar-refractivity contribution in [3.63, 3.8) is 0 Å². The minimum absolute atomic E-state index is 0.123. The number of rotatable bonds is 6. The van der Waals surface area contributed by atoms with Gasteiger partial charge in [-0.3, -0.25) is 0 Å². The summed E-state index contributed by atoms with van der Waals surface area (Å²) in [6.45, 7) is 4.16. The summed E-state index contributed by atoms with van der Waals surface area (Å²) in [5.41, 5.74) is 4.52. The lowest BCUT2D eigenvalue weighted by atomic mass is 10.0. The van der Waals surface area contributed by atoms with Gasteiger partial charge in [-0.2, -0.15) is 0 Å². The van der Waals surface area contributed by atoms with Gasteiger partial charge in [0.25, 0.3) is 0 Å². The van der Waals surface area contributed by atoms with Crippen molar-refractivity contribution in [2.24, 2.45) is 0 Å². The van der Waals surface area contributed by atoms with Crippen LogP contribution in [0.4, 0.5) is 0 Å². The first-order chi connectivity index (χ1) is 15.0. The number of nitrogens with zero attached hydrogens (tertiary/aromatic N) is 6. The zero-order valence-corrected chi connectivity index (χ0v) is 17.7. The molecule has 156 valence electrons. The molecule has 0 unspecified atom stereocenters. The van der Waals surface area contributed by atoms with Gasteiger partial charge in [-0.05, 0) is 36.4 Å². The SMILES string of the molecule is CCOC(=O)c1nc(-c2ccc(Cl)cc2)c(-c2ccc(C)cc2)nc1Cn1cnnn1. The van der Waals surface area contributed by atoms with Crippen LogP contribution in [0, 0.1) is 6.92 Å². The summed E-state index contributed by atoms with van der Waals surface area (Å²) in [4.78, 5) is 22.3. The van der Waals surface area contributed by atoms with Crippen LogP contribution in [-0.2, 0) is 11.3 Å². The van der Waals surface area contributed by atoms with Gasteiger partial charge in [-0.15, -0.1) is 5.10 Å². The lowest BCUT2D eigenvalue weighted by Crippen LogP contribution is -2.16. The molecule has 2 aromatic carbocycles. The van der Waals surface area contributed by atoms with Crippen molar-refractivity contribution in [1.82, 2.24) is 30.2 Å². The predicted octanol–water partition coefficient (Wildman–Crippen LogP) is 3.98. The molecule has 0 fully saturated rings. The van der Waals surface area contributed by atoms with Crippen LogP contribution in [-0.4, -0.2) is 42.8 Å². The van der Waals surface area contributed by atoms with E-state index in [1.165, 1.54) is 11.0 Å². The summed E-state index contributed by atoms with van der Waals surface area (Å²) in [5, 5.41) is 11.8. The highest BCUT2D eigenvalue weighted by Crippen LogP contribution is 2.31. The molecule has 2 heterocycles. The van der Waals surface area contributed by atoms with Gasteiger partial charge in [-0.25, -0.2) is 19.4 Å². The molecular weight excluding hydrogens is 416 g/mol. The topological polar surface area (TPSA) is 95.7 Å². The molecule has 4 rings (SSSR count). The highest BCUT2D eigenvalue weighted by atomic mass is 35.5. The Balaban J connectivity index is 1.94. The van der Waals surface area contributed by atoms with Crippen molar-refractivity contribution in [2.45, 2.75) is 20.4 Å². The minimum Gasteiger partial charge on any atom is -0.461 e. The molecule has 8 nitrogen and oxygen atoms in total. The molecule has 0 radical (unpaired) electrons. The van der Waals surface area contributed by atoms with Crippen molar-refractivity contribution >= 4 is 17.6 Å². The maximum Gasteiger partial charge on any atom is 0.358 e. The molecule has 31 heavy (non-hydrogen) atoms. The first kappa shape index (κ1) is 20.6. The summed E-state index contributed by atoms with van der Waals surface area (Å²) < 4.78 is 6.72. The van der Waals surface area contributed by atoms with E-state index in [0.29, 0.717) is 22.1 Å². The van der Waals surface area contributed by atoms with Gasteiger partial charge in [0.1, 0.15) is 6.33 Å². The van der Waals surface area contributed by atoms with E-state index in [1.807, 2.05) is 43.3 Å². The highest BCUT2D eigenvalue weighted by molar-refractivity contribution is 6.30. The smallest absolute Gasteiger partial charge is 0.358 e. The number of tetrazole rings is 1. The van der Waals surface area contributed by atoms with Crippen LogP contribution in [0.5, 0.6) is 0 Å². The van der Waals surface area contributed by atoms with Crippen molar-refractivity contribution in [2.75, 3.05) is 6.61 Å². The van der Waals surface area contributed by atoms with Gasteiger partial charge in [0.2, 0.25) is 0 Å². The molecule has 2 aromatic heterocycles. The summed E-state index contributed by atoms with van der Waals surface area (Å²) in [6, 6.07) is 15.2. The molecule has 0 aliphatic carbocycles. The van der Waals surface area contributed by atoms with E-state index in [4.69, 9.17) is 26.3 Å². The van der Waals surface area contributed by atoms with E-state index in [9.17, 15) is 4.79 Å². The quantitative estimate of drug-likeness (QED) is 0.423. The normalized spacial score (nSPS) is 10.8. The first-order valence-electron chi connectivity index (χ1n) is 9.67. The average Bonchev–Trinajstić information content (AvgIpc) is 3.28. The van der Waals surface area contributed by atoms with Gasteiger partial charge in [0.05, 0.1) is 30.2 Å². The molecule has 0 saturated carbocycles. The van der Waals surface area contributed by atoms with Crippen LogP contribution >= 0.6 is 11.6 Å². The molecule has 0 saturated heterocycles. The van der Waals surface area contributed by atoms with E-state index in [0.717, 1.165) is 16.7 Å². The number of benzene rings is 2. The second kappa shape index (κ2) is 9.01. The number of hydrogen-bond donors (Lipinski definition) is 0. The van der Waals surface area contributed by atoms with Crippen molar-refractivity contribution in [3.05, 3.63) is 76.8 Å². The molecule has 9 heteroatoms. The molecule has 0 aliphatic heterocycles. The summed E-state index contributed by atoms with van der Waals surface area (Å²) in [6.07, 6.45) is 1.45.